The number of halogens is 3. The fraction of sp³-hybridized carbons (Fsp3) is 0.733. The Hall–Kier alpha value is -1.73. The molecule has 0 aliphatic carbocycles. The number of nitrogens with zero attached hydrogens (tertiary/aromatic N) is 3. The molecule has 1 aliphatic rings. The molecular formula is C15H23F3N4O. The highest BCUT2D eigenvalue weighted by molar-refractivity contribution is 5.84. The summed E-state index contributed by atoms with van der Waals surface area (Å²) in [6.45, 7) is 3.40. The lowest BCUT2D eigenvalue weighted by Gasteiger charge is -2.37. The van der Waals surface area contributed by atoms with Crippen LogP contribution in [0.2, 0.25) is 0 Å². The Morgan fingerprint density at radius 2 is 2.22 bits per heavy atom. The van der Waals surface area contributed by atoms with Gasteiger partial charge in [0.2, 0.25) is 5.91 Å². The number of nitrogens with one attached hydrogen (secondary N) is 1. The van der Waals surface area contributed by atoms with Crippen molar-refractivity contribution < 1.29 is 18.0 Å². The lowest BCUT2D eigenvalue weighted by atomic mass is 9.99. The largest absolute Gasteiger partial charge is 0.408 e. The third kappa shape index (κ3) is 4.87. The van der Waals surface area contributed by atoms with Crippen molar-refractivity contribution in [1.82, 2.24) is 14.7 Å². The number of aromatic nitrogens is 2. The first kappa shape index (κ1) is 17.6. The lowest BCUT2D eigenvalue weighted by molar-refractivity contribution is -0.142. The van der Waals surface area contributed by atoms with E-state index < -0.39 is 18.8 Å². The first-order chi connectivity index (χ1) is 10.8. The second kappa shape index (κ2) is 7.23. The van der Waals surface area contributed by atoms with Crippen molar-refractivity contribution in [3.63, 3.8) is 0 Å². The number of alkyl halides is 3. The van der Waals surface area contributed by atoms with E-state index >= 15 is 0 Å². The van der Waals surface area contributed by atoms with Crippen molar-refractivity contribution >= 4 is 11.6 Å². The van der Waals surface area contributed by atoms with Gasteiger partial charge in [0, 0.05) is 18.8 Å². The summed E-state index contributed by atoms with van der Waals surface area (Å²) >= 11 is 0. The molecule has 1 aromatic rings. The highest BCUT2D eigenvalue weighted by Gasteiger charge is 2.30. The number of piperidine rings is 1. The molecule has 0 bridgehead atoms. The number of anilines is 1. The first-order valence-electron chi connectivity index (χ1n) is 7.96. The number of amides is 1. The van der Waals surface area contributed by atoms with Gasteiger partial charge in [-0.1, -0.05) is 6.92 Å². The Morgan fingerprint density at radius 3 is 2.87 bits per heavy atom. The van der Waals surface area contributed by atoms with Crippen molar-refractivity contribution in [3.8, 4) is 0 Å². The van der Waals surface area contributed by atoms with Crippen molar-refractivity contribution in [1.29, 1.82) is 0 Å². The molecule has 23 heavy (non-hydrogen) atoms. The van der Waals surface area contributed by atoms with Crippen LogP contribution in [0.5, 0.6) is 0 Å². The van der Waals surface area contributed by atoms with Crippen LogP contribution in [0.15, 0.2) is 12.4 Å². The molecule has 2 atom stereocenters. The summed E-state index contributed by atoms with van der Waals surface area (Å²) in [5.74, 6) is -0.0138. The van der Waals surface area contributed by atoms with Crippen molar-refractivity contribution in [3.05, 3.63) is 12.4 Å². The van der Waals surface area contributed by atoms with E-state index in [1.54, 1.807) is 6.92 Å². The maximum absolute atomic E-state index is 12.6. The molecular weight excluding hydrogens is 309 g/mol. The summed E-state index contributed by atoms with van der Waals surface area (Å²) in [4.78, 5) is 14.5. The number of carbonyl (C=O) groups is 1. The van der Waals surface area contributed by atoms with E-state index in [1.165, 1.54) is 12.4 Å². The summed E-state index contributed by atoms with van der Waals surface area (Å²) in [5.41, 5.74) is 0.417. The molecule has 8 heteroatoms. The minimum absolute atomic E-state index is 0.0138. The summed E-state index contributed by atoms with van der Waals surface area (Å²) in [6.07, 6.45) is 2.33. The second-order valence-corrected chi connectivity index (χ2v) is 6.00. The molecule has 0 radical (unpaired) electrons. The molecule has 1 aliphatic heterocycles. The summed E-state index contributed by atoms with van der Waals surface area (Å²) in [6, 6.07) is -0.237. The van der Waals surface area contributed by atoms with Gasteiger partial charge in [0.05, 0.1) is 11.9 Å². The van der Waals surface area contributed by atoms with Crippen LogP contribution in [0.3, 0.4) is 0 Å². The van der Waals surface area contributed by atoms with Gasteiger partial charge in [0.15, 0.2) is 0 Å². The average Bonchev–Trinajstić information content (AvgIpc) is 2.91. The number of rotatable bonds is 5. The molecule has 2 heterocycles. The second-order valence-electron chi connectivity index (χ2n) is 6.00. The SMILES string of the molecule is CC[C@H]1CCCCN1C(=O)[C@@H](C)Nc1cnn(CC(F)(F)F)c1. The van der Waals surface area contributed by atoms with Gasteiger partial charge in [-0.15, -0.1) is 0 Å². The highest BCUT2D eigenvalue weighted by atomic mass is 19.4. The summed E-state index contributed by atoms with van der Waals surface area (Å²) in [7, 11) is 0. The van der Waals surface area contributed by atoms with E-state index in [-0.39, 0.29) is 11.9 Å². The van der Waals surface area contributed by atoms with Gasteiger partial charge in [-0.05, 0) is 32.6 Å². The molecule has 0 aromatic carbocycles. The topological polar surface area (TPSA) is 50.2 Å². The Balaban J connectivity index is 1.95. The normalized spacial score (nSPS) is 20.4. The van der Waals surface area contributed by atoms with Crippen LogP contribution in [0.4, 0.5) is 18.9 Å². The van der Waals surface area contributed by atoms with Crippen LogP contribution in [0.1, 0.15) is 39.5 Å². The smallest absolute Gasteiger partial charge is 0.371 e. The average molecular weight is 332 g/mol. The third-order valence-electron chi connectivity index (χ3n) is 4.11. The molecule has 1 fully saturated rings. The van der Waals surface area contributed by atoms with Gasteiger partial charge in [-0.2, -0.15) is 18.3 Å². The molecule has 0 spiro atoms. The zero-order chi connectivity index (χ0) is 17.0. The number of carbonyl (C=O) groups excluding carboxylic acids is 1. The molecule has 1 amide bonds. The van der Waals surface area contributed by atoms with Gasteiger partial charge < -0.3 is 10.2 Å². The highest BCUT2D eigenvalue weighted by Crippen LogP contribution is 2.22. The zero-order valence-electron chi connectivity index (χ0n) is 13.4. The summed E-state index contributed by atoms with van der Waals surface area (Å²) in [5, 5.41) is 6.61. The van der Waals surface area contributed by atoms with Crippen LogP contribution in [0.25, 0.3) is 0 Å². The van der Waals surface area contributed by atoms with Crippen molar-refractivity contribution in [2.75, 3.05) is 11.9 Å². The van der Waals surface area contributed by atoms with Gasteiger partial charge >= 0.3 is 6.18 Å². The quantitative estimate of drug-likeness (QED) is 0.902. The van der Waals surface area contributed by atoms with E-state index in [4.69, 9.17) is 0 Å². The van der Waals surface area contributed by atoms with Crippen LogP contribution < -0.4 is 5.32 Å². The number of hydrogen-bond acceptors (Lipinski definition) is 3. The van der Waals surface area contributed by atoms with E-state index in [2.05, 4.69) is 17.3 Å². The van der Waals surface area contributed by atoms with E-state index in [0.717, 1.165) is 36.9 Å². The maximum Gasteiger partial charge on any atom is 0.408 e. The zero-order valence-corrected chi connectivity index (χ0v) is 13.4. The van der Waals surface area contributed by atoms with Crippen LogP contribution in [0, 0.1) is 0 Å². The van der Waals surface area contributed by atoms with Crippen molar-refractivity contribution in [2.24, 2.45) is 0 Å². The molecule has 130 valence electrons. The molecule has 1 saturated heterocycles. The van der Waals surface area contributed by atoms with E-state index in [1.807, 2.05) is 4.90 Å². The molecule has 0 saturated carbocycles. The van der Waals surface area contributed by atoms with E-state index in [9.17, 15) is 18.0 Å². The van der Waals surface area contributed by atoms with Crippen molar-refractivity contribution in [2.45, 2.75) is 64.3 Å². The Kier molecular flexibility index (Phi) is 5.54. The Morgan fingerprint density at radius 1 is 1.48 bits per heavy atom. The maximum atomic E-state index is 12.6. The predicted octanol–water partition coefficient (Wildman–Crippen LogP) is 3.04. The minimum atomic E-state index is -4.31. The van der Waals surface area contributed by atoms with E-state index in [0.29, 0.717) is 5.69 Å². The van der Waals surface area contributed by atoms with Crippen LogP contribution in [-0.4, -0.2) is 45.4 Å². The van der Waals surface area contributed by atoms with Gasteiger partial charge in [-0.3, -0.25) is 9.48 Å². The van der Waals surface area contributed by atoms with Gasteiger partial charge in [0.25, 0.3) is 0 Å². The molecule has 2 rings (SSSR count). The number of likely N-dealkylation sites (tertiary alicyclic amines) is 1. The number of hydrogen-bond donors (Lipinski definition) is 1. The fourth-order valence-corrected chi connectivity index (χ4v) is 2.98. The molecule has 5 nitrogen and oxygen atoms in total. The molecule has 0 unspecified atom stereocenters. The lowest BCUT2D eigenvalue weighted by Crippen LogP contribution is -2.49. The van der Waals surface area contributed by atoms with Gasteiger partial charge in [0.1, 0.15) is 12.6 Å². The third-order valence-corrected chi connectivity index (χ3v) is 4.11. The van der Waals surface area contributed by atoms with Crippen LogP contribution in [-0.2, 0) is 11.3 Å². The Bertz CT molecular complexity index is 529. The molecule has 1 N–H and O–H groups in total. The monoisotopic (exact) mass is 332 g/mol. The standard InChI is InChI=1S/C15H23F3N4O/c1-3-13-6-4-5-7-22(13)14(23)11(2)20-12-8-19-21(9-12)10-15(16,17)18/h8-9,11,13,20H,3-7,10H2,1-2H3/t11-,13+/m1/s1. The Labute approximate surface area is 133 Å². The predicted molar refractivity (Wildman–Crippen MR) is 81.0 cm³/mol. The minimum Gasteiger partial charge on any atom is -0.371 e. The van der Waals surface area contributed by atoms with Gasteiger partial charge in [-0.25, -0.2) is 0 Å². The fourth-order valence-electron chi connectivity index (χ4n) is 2.98. The summed E-state index contributed by atoms with van der Waals surface area (Å²) < 4.78 is 37.8. The first-order valence-corrected chi connectivity index (χ1v) is 7.96. The van der Waals surface area contributed by atoms with Crippen LogP contribution >= 0.6 is 0 Å². The molecule has 1 aromatic heterocycles.